The van der Waals surface area contributed by atoms with Crippen molar-refractivity contribution in [2.75, 3.05) is 5.32 Å². The number of aromatic nitrogens is 1. The van der Waals surface area contributed by atoms with Crippen LogP contribution >= 0.6 is 0 Å². The van der Waals surface area contributed by atoms with Gasteiger partial charge in [0.1, 0.15) is 5.76 Å². The van der Waals surface area contributed by atoms with Crippen LogP contribution in [0.5, 0.6) is 0 Å². The zero-order chi connectivity index (χ0) is 20.7. The predicted molar refractivity (Wildman–Crippen MR) is 119 cm³/mol. The van der Waals surface area contributed by atoms with Gasteiger partial charge in [-0.2, -0.15) is 0 Å². The quantitative estimate of drug-likeness (QED) is 0.424. The second kappa shape index (κ2) is 7.04. The number of hydrogen-bond acceptors (Lipinski definition) is 3. The van der Waals surface area contributed by atoms with E-state index in [1.807, 2.05) is 60.8 Å². The number of H-pyrrole nitrogens is 1. The van der Waals surface area contributed by atoms with Crippen molar-refractivity contribution in [2.24, 2.45) is 0 Å². The minimum atomic E-state index is -0.332. The fourth-order valence-corrected chi connectivity index (χ4v) is 3.68. The fourth-order valence-electron chi connectivity index (χ4n) is 3.68. The summed E-state index contributed by atoms with van der Waals surface area (Å²) in [7, 11) is 0. The number of rotatable bonds is 3. The first-order valence-corrected chi connectivity index (χ1v) is 9.62. The minimum Gasteiger partial charge on any atom is -0.455 e. The molecule has 5 aromatic rings. The summed E-state index contributed by atoms with van der Waals surface area (Å²) in [4.78, 5) is 29.2. The number of para-hydroxylation sites is 1. The van der Waals surface area contributed by atoms with Crippen LogP contribution in [0.1, 0.15) is 15.9 Å². The Morgan fingerprint density at radius 1 is 0.967 bits per heavy atom. The van der Waals surface area contributed by atoms with Crippen LogP contribution in [0.2, 0.25) is 0 Å². The number of carbonyl (C=O) groups excluding carboxylic acids is 1. The average molecular weight is 394 g/mol. The summed E-state index contributed by atoms with van der Waals surface area (Å²) in [5.41, 5.74) is 3.43. The lowest BCUT2D eigenvalue weighted by Gasteiger charge is -2.11. The third kappa shape index (κ3) is 2.97. The third-order valence-electron chi connectivity index (χ3n) is 5.24. The highest BCUT2D eigenvalue weighted by atomic mass is 16.3. The van der Waals surface area contributed by atoms with E-state index in [0.29, 0.717) is 28.0 Å². The lowest BCUT2D eigenvalue weighted by Crippen LogP contribution is -2.15. The molecule has 0 spiro atoms. The summed E-state index contributed by atoms with van der Waals surface area (Å²) in [6.07, 6.45) is 1.85. The molecule has 0 saturated heterocycles. The van der Waals surface area contributed by atoms with Crippen LogP contribution in [0.4, 0.5) is 5.69 Å². The summed E-state index contributed by atoms with van der Waals surface area (Å²) in [5, 5.41) is 4.30. The largest absolute Gasteiger partial charge is 0.455 e. The van der Waals surface area contributed by atoms with Gasteiger partial charge < -0.3 is 14.7 Å². The second-order valence-electron chi connectivity index (χ2n) is 7.17. The van der Waals surface area contributed by atoms with Gasteiger partial charge >= 0.3 is 0 Å². The van der Waals surface area contributed by atoms with E-state index in [0.717, 1.165) is 16.5 Å². The molecule has 0 fully saturated rings. The first-order valence-electron chi connectivity index (χ1n) is 9.62. The SMILES string of the molecule is Cc1c(-c2ccccc2)oc2c(C(=O)Nc3ccc4[nH]ccc4c3)cccc2c1=O. The van der Waals surface area contributed by atoms with Gasteiger partial charge in [-0.3, -0.25) is 9.59 Å². The Kier molecular flexibility index (Phi) is 4.21. The van der Waals surface area contributed by atoms with Crippen molar-refractivity contribution in [2.45, 2.75) is 6.92 Å². The molecule has 0 saturated carbocycles. The topological polar surface area (TPSA) is 75.1 Å². The monoisotopic (exact) mass is 394 g/mol. The molecular weight excluding hydrogens is 376 g/mol. The molecule has 5 heteroatoms. The highest BCUT2D eigenvalue weighted by Crippen LogP contribution is 2.28. The van der Waals surface area contributed by atoms with Crippen LogP contribution in [0.25, 0.3) is 33.2 Å². The van der Waals surface area contributed by atoms with Crippen molar-refractivity contribution in [1.29, 1.82) is 0 Å². The van der Waals surface area contributed by atoms with Crippen LogP contribution in [0.15, 0.2) is 88.2 Å². The maximum absolute atomic E-state index is 13.1. The maximum Gasteiger partial charge on any atom is 0.259 e. The maximum atomic E-state index is 13.1. The Balaban J connectivity index is 1.62. The summed E-state index contributed by atoms with van der Waals surface area (Å²) in [6.45, 7) is 1.74. The minimum absolute atomic E-state index is 0.140. The van der Waals surface area contributed by atoms with Gasteiger partial charge in [-0.05, 0) is 43.3 Å². The zero-order valence-corrected chi connectivity index (χ0v) is 16.2. The number of hydrogen-bond donors (Lipinski definition) is 2. The summed E-state index contributed by atoms with van der Waals surface area (Å²) >= 11 is 0. The smallest absolute Gasteiger partial charge is 0.259 e. The number of aromatic amines is 1. The van der Waals surface area contributed by atoms with E-state index in [1.165, 1.54) is 0 Å². The Morgan fingerprint density at radius 3 is 2.63 bits per heavy atom. The van der Waals surface area contributed by atoms with Gasteiger partial charge in [0.25, 0.3) is 5.91 Å². The fraction of sp³-hybridized carbons (Fsp3) is 0.0400. The molecule has 30 heavy (non-hydrogen) atoms. The average Bonchev–Trinajstić information content (AvgIpc) is 3.24. The molecule has 2 aromatic heterocycles. The van der Waals surface area contributed by atoms with Gasteiger partial charge in [0.15, 0.2) is 11.0 Å². The first-order chi connectivity index (χ1) is 14.6. The number of nitrogens with one attached hydrogen (secondary N) is 2. The van der Waals surface area contributed by atoms with Crippen LogP contribution < -0.4 is 10.7 Å². The number of benzene rings is 3. The first kappa shape index (κ1) is 17.9. The van der Waals surface area contributed by atoms with Gasteiger partial charge in [-0.1, -0.05) is 36.4 Å². The van der Waals surface area contributed by atoms with Crippen molar-refractivity contribution in [3.05, 3.63) is 100 Å². The Bertz CT molecular complexity index is 1460. The predicted octanol–water partition coefficient (Wildman–Crippen LogP) is 5.50. The normalized spacial score (nSPS) is 11.1. The number of fused-ring (bicyclic) bond motifs is 2. The lowest BCUT2D eigenvalue weighted by molar-refractivity contribution is 0.102. The highest BCUT2D eigenvalue weighted by molar-refractivity contribution is 6.12. The molecule has 0 aliphatic heterocycles. The second-order valence-corrected chi connectivity index (χ2v) is 7.17. The van der Waals surface area contributed by atoms with Gasteiger partial charge in [0.2, 0.25) is 0 Å². The van der Waals surface area contributed by atoms with Crippen molar-refractivity contribution < 1.29 is 9.21 Å². The third-order valence-corrected chi connectivity index (χ3v) is 5.24. The summed E-state index contributed by atoms with van der Waals surface area (Å²) in [5.74, 6) is 0.142. The van der Waals surface area contributed by atoms with Crippen molar-refractivity contribution in [1.82, 2.24) is 4.98 Å². The van der Waals surface area contributed by atoms with Crippen LogP contribution in [0, 0.1) is 6.92 Å². The van der Waals surface area contributed by atoms with E-state index in [9.17, 15) is 9.59 Å². The van der Waals surface area contributed by atoms with Crippen molar-refractivity contribution >= 4 is 33.5 Å². The highest BCUT2D eigenvalue weighted by Gasteiger charge is 2.18. The summed E-state index contributed by atoms with van der Waals surface area (Å²) < 4.78 is 6.14. The van der Waals surface area contributed by atoms with Gasteiger partial charge in [-0.15, -0.1) is 0 Å². The standard InChI is InChI=1S/C25H18N2O3/c1-15-22(28)19-8-5-9-20(24(19)30-23(15)16-6-3-2-4-7-16)25(29)27-18-10-11-21-17(14-18)12-13-26-21/h2-14,26H,1H3,(H,27,29). The molecule has 0 atom stereocenters. The zero-order valence-electron chi connectivity index (χ0n) is 16.2. The van der Waals surface area contributed by atoms with Gasteiger partial charge in [0.05, 0.1) is 10.9 Å². The van der Waals surface area contributed by atoms with Crippen LogP contribution in [0.3, 0.4) is 0 Å². The van der Waals surface area contributed by atoms with E-state index in [-0.39, 0.29) is 16.9 Å². The molecule has 5 nitrogen and oxygen atoms in total. The number of amides is 1. The molecule has 3 aromatic carbocycles. The molecule has 0 bridgehead atoms. The number of carbonyl (C=O) groups is 1. The molecule has 0 aliphatic carbocycles. The van der Waals surface area contributed by atoms with E-state index in [2.05, 4.69) is 10.3 Å². The van der Waals surface area contributed by atoms with E-state index in [1.54, 1.807) is 25.1 Å². The Morgan fingerprint density at radius 2 is 1.80 bits per heavy atom. The molecule has 0 aliphatic rings. The molecule has 0 radical (unpaired) electrons. The molecule has 5 rings (SSSR count). The molecule has 2 heterocycles. The molecule has 146 valence electrons. The molecular formula is C25H18N2O3. The molecule has 1 amide bonds. The number of anilines is 1. The summed E-state index contributed by atoms with van der Waals surface area (Å²) in [6, 6.07) is 22.1. The van der Waals surface area contributed by atoms with Gasteiger partial charge in [-0.25, -0.2) is 0 Å². The van der Waals surface area contributed by atoms with Crippen molar-refractivity contribution in [3.63, 3.8) is 0 Å². The van der Waals surface area contributed by atoms with Crippen molar-refractivity contribution in [3.8, 4) is 11.3 Å². The van der Waals surface area contributed by atoms with Crippen LogP contribution in [-0.4, -0.2) is 10.9 Å². The van der Waals surface area contributed by atoms with E-state index in [4.69, 9.17) is 4.42 Å². The molecule has 0 unspecified atom stereocenters. The Hall–Kier alpha value is -4.12. The van der Waals surface area contributed by atoms with E-state index >= 15 is 0 Å². The van der Waals surface area contributed by atoms with Crippen LogP contribution in [-0.2, 0) is 0 Å². The lowest BCUT2D eigenvalue weighted by atomic mass is 10.0. The van der Waals surface area contributed by atoms with E-state index < -0.39 is 0 Å². The Labute approximate surface area is 172 Å². The van der Waals surface area contributed by atoms with Gasteiger partial charge in [0, 0.05) is 33.9 Å². The molecule has 2 N–H and O–H groups in total.